The zero-order valence-corrected chi connectivity index (χ0v) is 16.3. The molecule has 2 N–H and O–H groups in total. The maximum absolute atomic E-state index is 10.6. The van der Waals surface area contributed by atoms with Crippen molar-refractivity contribution in [3.63, 3.8) is 0 Å². The van der Waals surface area contributed by atoms with Gasteiger partial charge in [0.15, 0.2) is 0 Å². The van der Waals surface area contributed by atoms with Gasteiger partial charge in [-0.2, -0.15) is 0 Å². The van der Waals surface area contributed by atoms with Crippen molar-refractivity contribution in [3.05, 3.63) is 0 Å². The molecular formula is C21H35NO3. The first-order valence-electron chi connectivity index (χ1n) is 10.2. The van der Waals surface area contributed by atoms with E-state index in [0.29, 0.717) is 11.8 Å². The molecule has 0 unspecified atom stereocenters. The van der Waals surface area contributed by atoms with E-state index in [2.05, 4.69) is 25.9 Å². The molecule has 142 valence electrons. The standard InChI is InChI=1S/C21H35NO3/c1-19-9-7-13-14-5-6-18(22-24)20(14,2)10-8-15(13)21(19,3)12-17(25-4)16(23)11-19/h13-17,23-24H,5-12H2,1-4H3/b22-18-/t13-,14-,15-,16-,17-,19-,20-,21+/m0/s1. The number of ether oxygens (including phenoxy) is 1. The van der Waals surface area contributed by atoms with Crippen molar-refractivity contribution in [2.45, 2.75) is 84.3 Å². The molecule has 8 atom stereocenters. The number of methoxy groups -OCH3 is 1. The van der Waals surface area contributed by atoms with Gasteiger partial charge in [0.1, 0.15) is 0 Å². The lowest BCUT2D eigenvalue weighted by Gasteiger charge is -2.65. The zero-order chi connectivity index (χ0) is 18.0. The van der Waals surface area contributed by atoms with Gasteiger partial charge in [0.2, 0.25) is 0 Å². The summed E-state index contributed by atoms with van der Waals surface area (Å²) in [7, 11) is 1.75. The van der Waals surface area contributed by atoms with Crippen LogP contribution in [-0.2, 0) is 4.74 Å². The minimum absolute atomic E-state index is 0.0247. The lowest BCUT2D eigenvalue weighted by atomic mass is 9.40. The molecule has 4 nitrogen and oxygen atoms in total. The van der Waals surface area contributed by atoms with Gasteiger partial charge in [0, 0.05) is 12.5 Å². The van der Waals surface area contributed by atoms with Gasteiger partial charge < -0.3 is 15.1 Å². The van der Waals surface area contributed by atoms with Crippen LogP contribution in [0.1, 0.15) is 72.1 Å². The fourth-order valence-electron chi connectivity index (χ4n) is 7.77. The van der Waals surface area contributed by atoms with Crippen LogP contribution < -0.4 is 0 Å². The van der Waals surface area contributed by atoms with E-state index in [4.69, 9.17) is 4.74 Å². The lowest BCUT2D eigenvalue weighted by molar-refractivity contribution is -0.199. The van der Waals surface area contributed by atoms with E-state index in [0.717, 1.165) is 37.3 Å². The van der Waals surface area contributed by atoms with Gasteiger partial charge in [-0.25, -0.2) is 0 Å². The van der Waals surface area contributed by atoms with Gasteiger partial charge in [-0.1, -0.05) is 25.9 Å². The SMILES string of the molecule is CO[C@H]1C[C@]2(C)[C@H]3CC[C@]4(C)/C(=N\O)CC[C@H]4[C@@H]3CC[C@@]2(C)C[C@@H]1O. The topological polar surface area (TPSA) is 62.0 Å². The van der Waals surface area contributed by atoms with Gasteiger partial charge >= 0.3 is 0 Å². The number of fused-ring (bicyclic) bond motifs is 5. The molecule has 0 heterocycles. The first-order valence-corrected chi connectivity index (χ1v) is 10.2. The Morgan fingerprint density at radius 2 is 1.80 bits per heavy atom. The molecule has 25 heavy (non-hydrogen) atoms. The number of aliphatic hydroxyl groups excluding tert-OH is 1. The molecule has 0 aromatic rings. The minimum atomic E-state index is -0.326. The fourth-order valence-corrected chi connectivity index (χ4v) is 7.77. The molecule has 4 rings (SSSR count). The summed E-state index contributed by atoms with van der Waals surface area (Å²) in [5.74, 6) is 2.09. The van der Waals surface area contributed by atoms with Crippen molar-refractivity contribution in [2.24, 2.45) is 39.2 Å². The lowest BCUT2D eigenvalue weighted by Crippen LogP contribution is -2.61. The molecule has 4 aliphatic rings. The second kappa shape index (κ2) is 5.69. The van der Waals surface area contributed by atoms with E-state index >= 15 is 0 Å². The maximum atomic E-state index is 10.6. The Morgan fingerprint density at radius 1 is 1.04 bits per heavy atom. The summed E-state index contributed by atoms with van der Waals surface area (Å²) in [6, 6.07) is 0. The van der Waals surface area contributed by atoms with E-state index in [1.165, 1.54) is 25.7 Å². The Labute approximate surface area is 152 Å². The molecule has 0 aromatic carbocycles. The van der Waals surface area contributed by atoms with Gasteiger partial charge in [-0.15, -0.1) is 0 Å². The average Bonchev–Trinajstić information content (AvgIpc) is 2.92. The predicted molar refractivity (Wildman–Crippen MR) is 97.8 cm³/mol. The van der Waals surface area contributed by atoms with Crippen LogP contribution in [0.25, 0.3) is 0 Å². The molecule has 4 aliphatic carbocycles. The van der Waals surface area contributed by atoms with Crippen molar-refractivity contribution in [1.29, 1.82) is 0 Å². The van der Waals surface area contributed by atoms with Crippen LogP contribution in [0.4, 0.5) is 0 Å². The highest BCUT2D eigenvalue weighted by atomic mass is 16.5. The third kappa shape index (κ3) is 2.22. The van der Waals surface area contributed by atoms with Crippen LogP contribution in [0.3, 0.4) is 0 Å². The number of hydrogen-bond donors (Lipinski definition) is 2. The summed E-state index contributed by atoms with van der Waals surface area (Å²) >= 11 is 0. The molecular weight excluding hydrogens is 314 g/mol. The van der Waals surface area contributed by atoms with E-state index in [1.54, 1.807) is 7.11 Å². The van der Waals surface area contributed by atoms with Gasteiger partial charge in [0.05, 0.1) is 17.9 Å². The molecule has 0 radical (unpaired) electrons. The summed E-state index contributed by atoms with van der Waals surface area (Å²) < 4.78 is 5.68. The van der Waals surface area contributed by atoms with Crippen molar-refractivity contribution in [1.82, 2.24) is 0 Å². The van der Waals surface area contributed by atoms with Crippen LogP contribution in [0, 0.1) is 34.0 Å². The van der Waals surface area contributed by atoms with E-state index in [9.17, 15) is 10.3 Å². The second-order valence-corrected chi connectivity index (χ2v) is 10.2. The van der Waals surface area contributed by atoms with Crippen LogP contribution in [0.2, 0.25) is 0 Å². The average molecular weight is 350 g/mol. The number of hydrogen-bond acceptors (Lipinski definition) is 4. The minimum Gasteiger partial charge on any atom is -0.411 e. The van der Waals surface area contributed by atoms with Gasteiger partial charge in [0.25, 0.3) is 0 Å². The number of rotatable bonds is 1. The van der Waals surface area contributed by atoms with Crippen LogP contribution >= 0.6 is 0 Å². The zero-order valence-electron chi connectivity index (χ0n) is 16.3. The molecule has 0 aromatic heterocycles. The predicted octanol–water partition coefficient (Wildman–Crippen LogP) is 4.24. The van der Waals surface area contributed by atoms with Crippen molar-refractivity contribution >= 4 is 5.71 Å². The number of nitrogens with zero attached hydrogens (tertiary/aromatic N) is 1. The quantitative estimate of drug-likeness (QED) is 0.550. The van der Waals surface area contributed by atoms with Gasteiger partial charge in [-0.3, -0.25) is 0 Å². The monoisotopic (exact) mass is 349 g/mol. The third-order valence-corrected chi connectivity index (χ3v) is 9.54. The second-order valence-electron chi connectivity index (χ2n) is 10.2. The Morgan fingerprint density at radius 3 is 2.48 bits per heavy atom. The summed E-state index contributed by atoms with van der Waals surface area (Å²) in [5.41, 5.74) is 1.59. The first kappa shape index (κ1) is 17.8. The molecule has 0 amide bonds. The Balaban J connectivity index is 1.68. The fraction of sp³-hybridized carbons (Fsp3) is 0.952. The Hall–Kier alpha value is -0.610. The van der Waals surface area contributed by atoms with E-state index < -0.39 is 0 Å². The van der Waals surface area contributed by atoms with Crippen molar-refractivity contribution in [2.75, 3.05) is 7.11 Å². The van der Waals surface area contributed by atoms with Crippen LogP contribution in [0.5, 0.6) is 0 Å². The molecule has 0 spiro atoms. The summed E-state index contributed by atoms with van der Waals surface area (Å²) in [5, 5.41) is 23.8. The van der Waals surface area contributed by atoms with Crippen molar-refractivity contribution in [3.8, 4) is 0 Å². The van der Waals surface area contributed by atoms with Crippen LogP contribution in [-0.4, -0.2) is 35.3 Å². The van der Waals surface area contributed by atoms with E-state index in [-0.39, 0.29) is 28.5 Å². The van der Waals surface area contributed by atoms with E-state index in [1.807, 2.05) is 0 Å². The van der Waals surface area contributed by atoms with Gasteiger partial charge in [-0.05, 0) is 80.0 Å². The molecule has 4 fully saturated rings. The molecule has 4 saturated carbocycles. The van der Waals surface area contributed by atoms with Crippen LogP contribution in [0.15, 0.2) is 5.16 Å². The number of aliphatic hydroxyl groups is 1. The molecule has 0 aliphatic heterocycles. The summed E-state index contributed by atoms with van der Waals surface area (Å²) in [6.07, 6.45) is 8.48. The summed E-state index contributed by atoms with van der Waals surface area (Å²) in [6.45, 7) is 7.25. The summed E-state index contributed by atoms with van der Waals surface area (Å²) in [4.78, 5) is 0. The van der Waals surface area contributed by atoms with Crippen molar-refractivity contribution < 1.29 is 15.1 Å². The highest BCUT2D eigenvalue weighted by Gasteiger charge is 2.64. The molecule has 0 saturated heterocycles. The smallest absolute Gasteiger partial charge is 0.0835 e. The molecule has 0 bridgehead atoms. The highest BCUT2D eigenvalue weighted by molar-refractivity contribution is 5.91. The highest BCUT2D eigenvalue weighted by Crippen LogP contribution is 2.69. The maximum Gasteiger partial charge on any atom is 0.0835 e. The largest absolute Gasteiger partial charge is 0.411 e. The third-order valence-electron chi connectivity index (χ3n) is 9.54. The normalized spacial score (nSPS) is 57.0. The number of oxime groups is 1. The molecule has 4 heteroatoms. The Kier molecular flexibility index (Phi) is 4.05. The Bertz CT molecular complexity index is 577. The first-order chi connectivity index (χ1) is 11.8.